The Morgan fingerprint density at radius 2 is 2.27 bits per heavy atom. The molecule has 0 atom stereocenters. The van der Waals surface area contributed by atoms with E-state index in [9.17, 15) is 0 Å². The minimum atomic E-state index is 0.592. The Kier molecular flexibility index (Phi) is 2.39. The van der Waals surface area contributed by atoms with E-state index in [1.54, 1.807) is 12.3 Å². The van der Waals surface area contributed by atoms with Crippen LogP contribution in [0.1, 0.15) is 0 Å². The number of rotatable bonds is 2. The summed E-state index contributed by atoms with van der Waals surface area (Å²) in [6, 6.07) is 7.27. The van der Waals surface area contributed by atoms with E-state index in [2.05, 4.69) is 20.3 Å². The normalized spacial score (nSPS) is 9.67. The third kappa shape index (κ3) is 1.68. The summed E-state index contributed by atoms with van der Waals surface area (Å²) in [5.41, 5.74) is 10.8. The maximum absolute atomic E-state index is 8.35. The van der Waals surface area contributed by atoms with Crippen molar-refractivity contribution in [2.24, 2.45) is 5.11 Å². The van der Waals surface area contributed by atoms with Gasteiger partial charge in [0.15, 0.2) is 0 Å². The van der Waals surface area contributed by atoms with Crippen LogP contribution in [0.25, 0.3) is 21.3 Å². The fourth-order valence-corrected chi connectivity index (χ4v) is 1.47. The van der Waals surface area contributed by atoms with Crippen LogP contribution >= 0.6 is 0 Å². The lowest BCUT2D eigenvalue weighted by molar-refractivity contribution is 1.39. The molecule has 74 valence electrons. The minimum Gasteiger partial charge on any atom is -0.388 e. The number of fused-ring (bicyclic) bond motifs is 1. The van der Waals surface area contributed by atoms with Crippen LogP contribution in [0.15, 0.2) is 35.6 Å². The lowest BCUT2D eigenvalue weighted by atomic mass is 10.1. The summed E-state index contributed by atoms with van der Waals surface area (Å²) < 4.78 is 0. The van der Waals surface area contributed by atoms with Gasteiger partial charge >= 0.3 is 0 Å². The summed E-state index contributed by atoms with van der Waals surface area (Å²) >= 11 is 0. The Bertz CT molecular complexity index is 543. The Morgan fingerprint density at radius 1 is 1.40 bits per heavy atom. The molecule has 1 aromatic carbocycles. The van der Waals surface area contributed by atoms with Crippen LogP contribution in [0.2, 0.25) is 0 Å². The molecule has 0 amide bonds. The molecular weight excluding hydrogens is 190 g/mol. The van der Waals surface area contributed by atoms with Crippen molar-refractivity contribution in [2.45, 2.75) is 0 Å². The summed E-state index contributed by atoms with van der Waals surface area (Å²) in [5.74, 6) is 0. The molecule has 2 aromatic rings. The zero-order chi connectivity index (χ0) is 10.7. The molecule has 2 rings (SSSR count). The Labute approximate surface area is 86.4 Å². The van der Waals surface area contributed by atoms with Gasteiger partial charge in [-0.25, -0.2) is 0 Å². The largest absolute Gasteiger partial charge is 0.388 e. The van der Waals surface area contributed by atoms with Gasteiger partial charge < -0.3 is 5.32 Å². The van der Waals surface area contributed by atoms with Gasteiger partial charge in [-0.15, -0.1) is 0 Å². The van der Waals surface area contributed by atoms with E-state index < -0.39 is 0 Å². The second-order valence-corrected chi connectivity index (χ2v) is 3.00. The van der Waals surface area contributed by atoms with Crippen LogP contribution in [-0.2, 0) is 0 Å². The van der Waals surface area contributed by atoms with Crippen molar-refractivity contribution >= 4 is 22.3 Å². The van der Waals surface area contributed by atoms with Crippen LogP contribution in [0, 0.1) is 0 Å². The summed E-state index contributed by atoms with van der Waals surface area (Å²) in [7, 11) is 1.84. The van der Waals surface area contributed by atoms with Crippen LogP contribution in [0.4, 0.5) is 11.4 Å². The van der Waals surface area contributed by atoms with Gasteiger partial charge in [-0.05, 0) is 23.7 Å². The van der Waals surface area contributed by atoms with Gasteiger partial charge in [0.25, 0.3) is 0 Å². The van der Waals surface area contributed by atoms with Gasteiger partial charge in [-0.1, -0.05) is 11.2 Å². The number of hydrogen-bond donors (Lipinski definition) is 1. The van der Waals surface area contributed by atoms with Gasteiger partial charge in [0, 0.05) is 34.9 Å². The first-order valence-corrected chi connectivity index (χ1v) is 4.47. The van der Waals surface area contributed by atoms with Crippen molar-refractivity contribution in [2.75, 3.05) is 12.4 Å². The zero-order valence-corrected chi connectivity index (χ0v) is 8.18. The van der Waals surface area contributed by atoms with Crippen molar-refractivity contribution in [1.29, 1.82) is 0 Å². The first-order valence-electron chi connectivity index (χ1n) is 4.47. The predicted molar refractivity (Wildman–Crippen MR) is 60.1 cm³/mol. The average Bonchev–Trinajstić information content (AvgIpc) is 2.28. The second-order valence-electron chi connectivity index (χ2n) is 3.00. The molecule has 0 aliphatic heterocycles. The van der Waals surface area contributed by atoms with Gasteiger partial charge in [0.05, 0.1) is 5.52 Å². The molecule has 0 fully saturated rings. The second kappa shape index (κ2) is 3.86. The molecule has 0 aliphatic carbocycles. The molecule has 1 aromatic heterocycles. The van der Waals surface area contributed by atoms with E-state index in [4.69, 9.17) is 5.53 Å². The van der Waals surface area contributed by atoms with E-state index in [0.29, 0.717) is 5.69 Å². The zero-order valence-electron chi connectivity index (χ0n) is 8.18. The number of azide groups is 1. The Balaban J connectivity index is 2.72. The third-order valence-electron chi connectivity index (χ3n) is 2.15. The maximum atomic E-state index is 8.35. The van der Waals surface area contributed by atoms with E-state index in [1.807, 2.05) is 25.2 Å². The molecule has 0 saturated carbocycles. The fraction of sp³-hybridized carbons (Fsp3) is 0.100. The SMILES string of the molecule is CNc1ccnc2ccc(N=[N+]=[N-])cc12. The summed E-state index contributed by atoms with van der Waals surface area (Å²) in [5, 5.41) is 7.57. The lowest BCUT2D eigenvalue weighted by Crippen LogP contribution is -1.90. The number of benzene rings is 1. The Morgan fingerprint density at radius 3 is 3.00 bits per heavy atom. The van der Waals surface area contributed by atoms with Crippen molar-refractivity contribution in [3.05, 3.63) is 40.9 Å². The van der Waals surface area contributed by atoms with Crippen LogP contribution in [0.3, 0.4) is 0 Å². The topological polar surface area (TPSA) is 73.7 Å². The number of nitrogens with zero attached hydrogens (tertiary/aromatic N) is 4. The summed E-state index contributed by atoms with van der Waals surface area (Å²) in [6.07, 6.45) is 1.74. The van der Waals surface area contributed by atoms with Gasteiger partial charge in [0.1, 0.15) is 0 Å². The molecule has 1 N–H and O–H groups in total. The lowest BCUT2D eigenvalue weighted by Gasteiger charge is -2.04. The van der Waals surface area contributed by atoms with Crippen molar-refractivity contribution in [3.63, 3.8) is 0 Å². The van der Waals surface area contributed by atoms with Crippen molar-refractivity contribution in [1.82, 2.24) is 4.98 Å². The van der Waals surface area contributed by atoms with E-state index >= 15 is 0 Å². The minimum absolute atomic E-state index is 0.592. The van der Waals surface area contributed by atoms with Crippen LogP contribution in [0.5, 0.6) is 0 Å². The van der Waals surface area contributed by atoms with E-state index in [-0.39, 0.29) is 0 Å². The van der Waals surface area contributed by atoms with Gasteiger partial charge in [0.2, 0.25) is 0 Å². The number of aromatic nitrogens is 1. The molecule has 15 heavy (non-hydrogen) atoms. The molecule has 0 aliphatic rings. The number of nitrogens with one attached hydrogen (secondary N) is 1. The first kappa shape index (κ1) is 9.30. The molecule has 5 nitrogen and oxygen atoms in total. The van der Waals surface area contributed by atoms with Crippen molar-refractivity contribution in [3.8, 4) is 0 Å². The molecule has 0 unspecified atom stereocenters. The molecule has 1 heterocycles. The van der Waals surface area contributed by atoms with Gasteiger partial charge in [-0.2, -0.15) is 0 Å². The highest BCUT2D eigenvalue weighted by atomic mass is 15.1. The molecule has 0 saturated heterocycles. The van der Waals surface area contributed by atoms with Crippen LogP contribution in [-0.4, -0.2) is 12.0 Å². The molecule has 0 radical (unpaired) electrons. The van der Waals surface area contributed by atoms with Crippen LogP contribution < -0.4 is 5.32 Å². The quantitative estimate of drug-likeness (QED) is 0.458. The molecule has 5 heteroatoms. The predicted octanol–water partition coefficient (Wildman–Crippen LogP) is 3.22. The third-order valence-corrected chi connectivity index (χ3v) is 2.15. The molecule has 0 bridgehead atoms. The highest BCUT2D eigenvalue weighted by molar-refractivity contribution is 5.92. The summed E-state index contributed by atoms with van der Waals surface area (Å²) in [4.78, 5) is 6.97. The highest BCUT2D eigenvalue weighted by Crippen LogP contribution is 2.25. The number of pyridine rings is 1. The Hall–Kier alpha value is -2.26. The molecular formula is C10H9N5. The standard InChI is InChI=1S/C10H9N5/c1-12-9-4-5-13-10-3-2-7(14-15-11)6-8(9)10/h2-6H,1H3,(H,12,13). The maximum Gasteiger partial charge on any atom is 0.0722 e. The van der Waals surface area contributed by atoms with Gasteiger partial charge in [-0.3, -0.25) is 4.98 Å². The molecule has 0 spiro atoms. The average molecular weight is 199 g/mol. The summed E-state index contributed by atoms with van der Waals surface area (Å²) in [6.45, 7) is 0. The van der Waals surface area contributed by atoms with E-state index in [0.717, 1.165) is 16.6 Å². The highest BCUT2D eigenvalue weighted by Gasteiger charge is 2.00. The number of hydrogen-bond acceptors (Lipinski definition) is 3. The monoisotopic (exact) mass is 199 g/mol. The van der Waals surface area contributed by atoms with Crippen molar-refractivity contribution < 1.29 is 0 Å². The smallest absolute Gasteiger partial charge is 0.0722 e. The van der Waals surface area contributed by atoms with E-state index in [1.165, 1.54) is 0 Å². The first-order chi connectivity index (χ1) is 7.35. The fourth-order valence-electron chi connectivity index (χ4n) is 1.47. The number of anilines is 1.